The van der Waals surface area contributed by atoms with Gasteiger partial charge in [0.25, 0.3) is 0 Å². The molecule has 0 amide bonds. The van der Waals surface area contributed by atoms with Gasteiger partial charge in [0.2, 0.25) is 0 Å². The summed E-state index contributed by atoms with van der Waals surface area (Å²) in [5, 5.41) is 3.27. The van der Waals surface area contributed by atoms with Crippen LogP contribution in [0.25, 0.3) is 0 Å². The summed E-state index contributed by atoms with van der Waals surface area (Å²) in [5.41, 5.74) is 2.43. The number of hydrogen-bond acceptors (Lipinski definition) is 3. The molecule has 1 rings (SSSR count). The molecule has 0 aliphatic heterocycles. The first kappa shape index (κ1) is 14.7. The molecule has 0 spiro atoms. The Balaban J connectivity index is 2.97. The summed E-state index contributed by atoms with van der Waals surface area (Å²) in [6.07, 6.45) is 2.39. The summed E-state index contributed by atoms with van der Waals surface area (Å²) in [4.78, 5) is 11.1. The van der Waals surface area contributed by atoms with E-state index in [4.69, 9.17) is 4.74 Å². The summed E-state index contributed by atoms with van der Waals surface area (Å²) >= 11 is 0. The van der Waals surface area contributed by atoms with E-state index >= 15 is 0 Å². The van der Waals surface area contributed by atoms with Crippen molar-refractivity contribution in [2.24, 2.45) is 0 Å². The van der Waals surface area contributed by atoms with Crippen LogP contribution in [0.3, 0.4) is 0 Å². The van der Waals surface area contributed by atoms with Gasteiger partial charge in [-0.3, -0.25) is 0 Å². The number of ketones is 1. The van der Waals surface area contributed by atoms with Gasteiger partial charge in [0.05, 0.1) is 7.11 Å². The lowest BCUT2D eigenvalue weighted by molar-refractivity contribution is -0.117. The second kappa shape index (κ2) is 7.17. The minimum atomic E-state index is 0.162. The molecule has 3 nitrogen and oxygen atoms in total. The first-order chi connectivity index (χ1) is 8.62. The van der Waals surface area contributed by atoms with Gasteiger partial charge in [-0.15, -0.1) is 0 Å². The van der Waals surface area contributed by atoms with Crippen LogP contribution in [0.1, 0.15) is 43.9 Å². The molecular weight excluding hydrogens is 226 g/mol. The van der Waals surface area contributed by atoms with Gasteiger partial charge >= 0.3 is 0 Å². The topological polar surface area (TPSA) is 38.3 Å². The lowest BCUT2D eigenvalue weighted by Crippen LogP contribution is -2.18. The quantitative estimate of drug-likeness (QED) is 0.807. The molecule has 0 aliphatic carbocycles. The fraction of sp³-hybridized carbons (Fsp3) is 0.533. The van der Waals surface area contributed by atoms with Gasteiger partial charge in [-0.05, 0) is 38.4 Å². The second-order valence-corrected chi connectivity index (χ2v) is 4.51. The molecule has 18 heavy (non-hydrogen) atoms. The molecule has 0 heterocycles. The fourth-order valence-electron chi connectivity index (χ4n) is 2.08. The number of hydrogen-bond donors (Lipinski definition) is 1. The van der Waals surface area contributed by atoms with Crippen LogP contribution in [0.5, 0.6) is 5.75 Å². The molecule has 0 aliphatic rings. The van der Waals surface area contributed by atoms with Gasteiger partial charge in [-0.25, -0.2) is 0 Å². The smallest absolute Gasteiger partial charge is 0.129 e. The normalized spacial score (nSPS) is 12.2. The number of carbonyl (C=O) groups is 1. The Hall–Kier alpha value is -1.35. The zero-order valence-electron chi connectivity index (χ0n) is 11.7. The highest BCUT2D eigenvalue weighted by Crippen LogP contribution is 2.29. The Morgan fingerprint density at radius 2 is 2.17 bits per heavy atom. The van der Waals surface area contributed by atoms with E-state index < -0.39 is 0 Å². The third kappa shape index (κ3) is 3.84. The van der Waals surface area contributed by atoms with Crippen molar-refractivity contribution < 1.29 is 9.53 Å². The van der Waals surface area contributed by atoms with Gasteiger partial charge in [-0.1, -0.05) is 19.1 Å². The summed E-state index contributed by atoms with van der Waals surface area (Å²) in [7, 11) is 3.60. The van der Waals surface area contributed by atoms with Crippen LogP contribution < -0.4 is 10.1 Å². The van der Waals surface area contributed by atoms with Crippen molar-refractivity contribution in [1.29, 1.82) is 0 Å². The van der Waals surface area contributed by atoms with E-state index in [9.17, 15) is 4.79 Å². The van der Waals surface area contributed by atoms with Crippen molar-refractivity contribution in [2.75, 3.05) is 14.2 Å². The van der Waals surface area contributed by atoms with Crippen molar-refractivity contribution in [2.45, 2.75) is 39.2 Å². The Morgan fingerprint density at radius 1 is 1.44 bits per heavy atom. The zero-order valence-corrected chi connectivity index (χ0v) is 11.7. The molecule has 0 fully saturated rings. The van der Waals surface area contributed by atoms with Gasteiger partial charge < -0.3 is 14.8 Å². The number of aryl methyl sites for hydroxylation is 1. The van der Waals surface area contributed by atoms with Crippen LogP contribution in [0.15, 0.2) is 18.2 Å². The Bertz CT molecular complexity index is 401. The molecule has 0 radical (unpaired) electrons. The lowest BCUT2D eigenvalue weighted by Gasteiger charge is -2.19. The fourth-order valence-corrected chi connectivity index (χ4v) is 2.08. The number of Topliss-reactive ketones (excluding diaryl/α,β-unsaturated/α-hetero) is 1. The molecule has 1 unspecified atom stereocenters. The van der Waals surface area contributed by atoms with E-state index in [0.29, 0.717) is 6.42 Å². The van der Waals surface area contributed by atoms with E-state index in [-0.39, 0.29) is 11.8 Å². The highest BCUT2D eigenvalue weighted by atomic mass is 16.5. The minimum Gasteiger partial charge on any atom is -0.496 e. The molecule has 1 atom stereocenters. The van der Waals surface area contributed by atoms with Crippen molar-refractivity contribution in [3.05, 3.63) is 29.3 Å². The highest BCUT2D eigenvalue weighted by Gasteiger charge is 2.15. The molecule has 0 saturated carbocycles. The van der Waals surface area contributed by atoms with Crippen molar-refractivity contribution >= 4 is 5.78 Å². The van der Waals surface area contributed by atoms with E-state index in [1.807, 2.05) is 13.1 Å². The molecule has 3 heteroatoms. The molecule has 0 saturated heterocycles. The predicted molar refractivity (Wildman–Crippen MR) is 74.1 cm³/mol. The van der Waals surface area contributed by atoms with Crippen LogP contribution in [0.4, 0.5) is 0 Å². The molecule has 1 aromatic rings. The Labute approximate surface area is 110 Å². The SMILES string of the molecule is CCc1ccc(OC)c(C(CCC(C)=O)NC)c1. The van der Waals surface area contributed by atoms with Crippen LogP contribution in [-0.2, 0) is 11.2 Å². The minimum absolute atomic E-state index is 0.162. The number of nitrogens with one attached hydrogen (secondary N) is 1. The highest BCUT2D eigenvalue weighted by molar-refractivity contribution is 5.75. The molecular formula is C15H23NO2. The van der Waals surface area contributed by atoms with Gasteiger partial charge in [0, 0.05) is 18.0 Å². The average molecular weight is 249 g/mol. The first-order valence-electron chi connectivity index (χ1n) is 6.45. The van der Waals surface area contributed by atoms with Crippen molar-refractivity contribution in [1.82, 2.24) is 5.32 Å². The zero-order chi connectivity index (χ0) is 13.5. The molecule has 1 aromatic carbocycles. The molecule has 100 valence electrons. The Morgan fingerprint density at radius 3 is 2.67 bits per heavy atom. The van der Waals surface area contributed by atoms with Gasteiger partial charge in [-0.2, -0.15) is 0 Å². The second-order valence-electron chi connectivity index (χ2n) is 4.51. The third-order valence-electron chi connectivity index (χ3n) is 3.21. The monoisotopic (exact) mass is 249 g/mol. The van der Waals surface area contributed by atoms with E-state index in [1.54, 1.807) is 14.0 Å². The van der Waals surface area contributed by atoms with Crippen molar-refractivity contribution in [3.8, 4) is 5.75 Å². The molecule has 0 aromatic heterocycles. The average Bonchev–Trinajstić information content (AvgIpc) is 2.38. The third-order valence-corrected chi connectivity index (χ3v) is 3.21. The van der Waals surface area contributed by atoms with Crippen LogP contribution in [0.2, 0.25) is 0 Å². The maximum Gasteiger partial charge on any atom is 0.129 e. The number of rotatable bonds is 7. The predicted octanol–water partition coefficient (Wildman–Crippen LogP) is 2.89. The first-order valence-corrected chi connectivity index (χ1v) is 6.45. The summed E-state index contributed by atoms with van der Waals surface area (Å²) in [6.45, 7) is 3.77. The standard InChI is InChI=1S/C15H23NO2/c1-5-12-7-9-15(18-4)13(10-12)14(16-3)8-6-11(2)17/h7,9-10,14,16H,5-6,8H2,1-4H3. The number of ether oxygens (including phenoxy) is 1. The van der Waals surface area contributed by atoms with Gasteiger partial charge in [0.15, 0.2) is 0 Å². The summed E-state index contributed by atoms with van der Waals surface area (Å²) < 4.78 is 5.41. The molecule has 1 N–H and O–H groups in total. The van der Waals surface area contributed by atoms with Crippen LogP contribution in [-0.4, -0.2) is 19.9 Å². The lowest BCUT2D eigenvalue weighted by atomic mass is 9.97. The largest absolute Gasteiger partial charge is 0.496 e. The maximum atomic E-state index is 11.1. The molecule has 0 bridgehead atoms. The van der Waals surface area contributed by atoms with Gasteiger partial charge in [0.1, 0.15) is 11.5 Å². The number of benzene rings is 1. The number of carbonyl (C=O) groups excluding carboxylic acids is 1. The summed E-state index contributed by atoms with van der Waals surface area (Å²) in [6, 6.07) is 6.42. The van der Waals surface area contributed by atoms with Crippen LogP contribution in [0, 0.1) is 0 Å². The van der Waals surface area contributed by atoms with E-state index in [1.165, 1.54) is 5.56 Å². The maximum absolute atomic E-state index is 11.1. The summed E-state index contributed by atoms with van der Waals surface area (Å²) in [5.74, 6) is 1.11. The van der Waals surface area contributed by atoms with Crippen LogP contribution >= 0.6 is 0 Å². The van der Waals surface area contributed by atoms with E-state index in [0.717, 1.165) is 24.2 Å². The van der Waals surface area contributed by atoms with Crippen molar-refractivity contribution in [3.63, 3.8) is 0 Å². The number of methoxy groups -OCH3 is 1. The Kier molecular flexibility index (Phi) is 5.86. The van der Waals surface area contributed by atoms with E-state index in [2.05, 4.69) is 24.4 Å².